The van der Waals surface area contributed by atoms with Crippen LogP contribution in [0.15, 0.2) is 0 Å². The van der Waals surface area contributed by atoms with Crippen LogP contribution in [0.4, 0.5) is 0 Å². The molecule has 0 unspecified atom stereocenters. The maximum atomic E-state index is 12.5. The Kier molecular flexibility index (Phi) is 6.45. The summed E-state index contributed by atoms with van der Waals surface area (Å²) in [6.07, 6.45) is 3.16. The third kappa shape index (κ3) is 4.31. The zero-order valence-electron chi connectivity index (χ0n) is 16.3. The molecule has 0 atom stereocenters. The van der Waals surface area contributed by atoms with E-state index in [0.29, 0.717) is 44.1 Å². The van der Waals surface area contributed by atoms with Gasteiger partial charge in [0.2, 0.25) is 10.0 Å². The summed E-state index contributed by atoms with van der Waals surface area (Å²) in [5.41, 5.74) is 1.20. The van der Waals surface area contributed by atoms with E-state index in [4.69, 9.17) is 4.74 Å². The average molecular weight is 416 g/mol. The van der Waals surface area contributed by atoms with Crippen molar-refractivity contribution in [3.63, 3.8) is 0 Å². The van der Waals surface area contributed by atoms with E-state index in [0.717, 1.165) is 25.0 Å². The first-order chi connectivity index (χ1) is 12.8. The van der Waals surface area contributed by atoms with Gasteiger partial charge in [0.25, 0.3) is 5.91 Å². The van der Waals surface area contributed by atoms with Gasteiger partial charge in [0.15, 0.2) is 0 Å². The quantitative estimate of drug-likeness (QED) is 0.727. The molecule has 0 radical (unpaired) electrons. The number of methoxy groups -OCH3 is 1. The molecule has 1 saturated heterocycles. The molecule has 2 aliphatic rings. The van der Waals surface area contributed by atoms with Gasteiger partial charge in [-0.1, -0.05) is 0 Å². The van der Waals surface area contributed by atoms with Gasteiger partial charge in [-0.05, 0) is 33.1 Å². The minimum Gasteiger partial charge on any atom is -0.495 e. The Bertz CT molecular complexity index is 781. The fraction of sp³-hybridized carbons (Fsp3) is 0.722. The van der Waals surface area contributed by atoms with Crippen molar-refractivity contribution in [3.05, 3.63) is 15.3 Å². The monoisotopic (exact) mass is 415 g/mol. The largest absolute Gasteiger partial charge is 0.495 e. The molecular weight excluding hydrogens is 386 g/mol. The summed E-state index contributed by atoms with van der Waals surface area (Å²) in [6.45, 7) is 7.10. The molecule has 1 N–H and O–H groups in total. The van der Waals surface area contributed by atoms with E-state index >= 15 is 0 Å². The Morgan fingerprint density at radius 2 is 1.93 bits per heavy atom. The van der Waals surface area contributed by atoms with E-state index in [2.05, 4.69) is 10.2 Å². The second kappa shape index (κ2) is 8.46. The Balaban J connectivity index is 1.47. The number of sulfonamides is 1. The third-order valence-corrected chi connectivity index (χ3v) is 8.83. The van der Waals surface area contributed by atoms with Gasteiger partial charge in [-0.3, -0.25) is 9.69 Å². The lowest BCUT2D eigenvalue weighted by Gasteiger charge is -2.34. The molecule has 1 aliphatic carbocycles. The van der Waals surface area contributed by atoms with Crippen molar-refractivity contribution in [2.75, 3.05) is 46.4 Å². The Morgan fingerprint density at radius 3 is 2.56 bits per heavy atom. The van der Waals surface area contributed by atoms with E-state index < -0.39 is 10.0 Å². The molecule has 1 aromatic rings. The molecule has 0 bridgehead atoms. The molecule has 7 nitrogen and oxygen atoms in total. The summed E-state index contributed by atoms with van der Waals surface area (Å²) in [5, 5.41) is 2.60. The van der Waals surface area contributed by atoms with Crippen molar-refractivity contribution in [1.29, 1.82) is 0 Å². The molecule has 1 aliphatic heterocycles. The molecule has 152 valence electrons. The standard InChI is InChI=1S/C18H29N3O4S2/c1-13(2)27(23,24)21-11-9-20(10-12-21)8-7-19-18(22)17-16(25-3)14-5-4-6-15(14)26-17/h13H,4-12H2,1-3H3,(H,19,22). The highest BCUT2D eigenvalue weighted by Gasteiger charge is 2.29. The van der Waals surface area contributed by atoms with Crippen molar-refractivity contribution in [3.8, 4) is 5.75 Å². The van der Waals surface area contributed by atoms with Crippen LogP contribution in [0, 0.1) is 0 Å². The predicted molar refractivity (Wildman–Crippen MR) is 107 cm³/mol. The van der Waals surface area contributed by atoms with Crippen LogP contribution in [-0.4, -0.2) is 75.2 Å². The van der Waals surface area contributed by atoms with Crippen molar-refractivity contribution in [2.45, 2.75) is 38.4 Å². The van der Waals surface area contributed by atoms with E-state index in [1.54, 1.807) is 36.6 Å². The maximum absolute atomic E-state index is 12.5. The number of thiophene rings is 1. The molecule has 9 heteroatoms. The van der Waals surface area contributed by atoms with Crippen LogP contribution < -0.4 is 10.1 Å². The summed E-state index contributed by atoms with van der Waals surface area (Å²) >= 11 is 1.55. The molecule has 0 saturated carbocycles. The average Bonchev–Trinajstić information content (AvgIpc) is 3.22. The first-order valence-corrected chi connectivity index (χ1v) is 11.8. The number of hydrogen-bond donors (Lipinski definition) is 1. The van der Waals surface area contributed by atoms with Gasteiger partial charge < -0.3 is 10.1 Å². The molecule has 0 aromatic carbocycles. The topological polar surface area (TPSA) is 79.0 Å². The highest BCUT2D eigenvalue weighted by atomic mass is 32.2. The highest BCUT2D eigenvalue weighted by molar-refractivity contribution is 7.89. The Hall–Kier alpha value is -1.16. The normalized spacial score (nSPS) is 18.7. The number of aryl methyl sites for hydroxylation is 1. The molecule has 1 amide bonds. The van der Waals surface area contributed by atoms with Crippen molar-refractivity contribution < 1.29 is 17.9 Å². The fourth-order valence-electron chi connectivity index (χ4n) is 3.65. The molecule has 1 aromatic heterocycles. The van der Waals surface area contributed by atoms with Crippen LogP contribution in [-0.2, 0) is 22.9 Å². The molecule has 27 heavy (non-hydrogen) atoms. The summed E-state index contributed by atoms with van der Waals surface area (Å²) in [5.74, 6) is 0.671. The maximum Gasteiger partial charge on any atom is 0.265 e. The lowest BCUT2D eigenvalue weighted by atomic mass is 10.2. The summed E-state index contributed by atoms with van der Waals surface area (Å²) in [6, 6.07) is 0. The number of piperazine rings is 1. The summed E-state index contributed by atoms with van der Waals surface area (Å²) in [4.78, 5) is 16.7. The molecule has 3 rings (SSSR count). The molecule has 1 fully saturated rings. The van der Waals surface area contributed by atoms with Crippen LogP contribution in [0.3, 0.4) is 0 Å². The smallest absolute Gasteiger partial charge is 0.265 e. The number of nitrogens with zero attached hydrogens (tertiary/aromatic N) is 2. The lowest BCUT2D eigenvalue weighted by Crippen LogP contribution is -2.51. The number of nitrogens with one attached hydrogen (secondary N) is 1. The van der Waals surface area contributed by atoms with Crippen molar-refractivity contribution >= 4 is 27.3 Å². The van der Waals surface area contributed by atoms with Gasteiger partial charge in [-0.25, -0.2) is 8.42 Å². The summed E-state index contributed by atoms with van der Waals surface area (Å²) < 4.78 is 31.5. The van der Waals surface area contributed by atoms with E-state index in [9.17, 15) is 13.2 Å². The minimum atomic E-state index is -3.18. The van der Waals surface area contributed by atoms with Crippen LogP contribution >= 0.6 is 11.3 Å². The number of fused-ring (bicyclic) bond motifs is 1. The lowest BCUT2D eigenvalue weighted by molar-refractivity contribution is 0.0946. The minimum absolute atomic E-state index is 0.0766. The van der Waals surface area contributed by atoms with Crippen LogP contribution in [0.1, 0.15) is 40.4 Å². The number of ether oxygens (including phenoxy) is 1. The fourth-order valence-corrected chi connectivity index (χ4v) is 6.20. The van der Waals surface area contributed by atoms with Crippen molar-refractivity contribution in [1.82, 2.24) is 14.5 Å². The Labute approximate surface area is 165 Å². The van der Waals surface area contributed by atoms with Gasteiger partial charge in [0, 0.05) is 49.7 Å². The number of carbonyl (C=O) groups is 1. The second-order valence-corrected chi connectivity index (χ2v) is 10.9. The van der Waals surface area contributed by atoms with Crippen molar-refractivity contribution in [2.24, 2.45) is 0 Å². The zero-order valence-corrected chi connectivity index (χ0v) is 17.9. The predicted octanol–water partition coefficient (Wildman–Crippen LogP) is 1.33. The molecular formula is C18H29N3O4S2. The van der Waals surface area contributed by atoms with E-state index in [1.807, 2.05) is 0 Å². The third-order valence-electron chi connectivity index (χ3n) is 5.28. The SMILES string of the molecule is COc1c(C(=O)NCCN2CCN(S(=O)(=O)C(C)C)CC2)sc2c1CCC2. The zero-order chi connectivity index (χ0) is 19.6. The van der Waals surface area contributed by atoms with Crippen LogP contribution in [0.25, 0.3) is 0 Å². The number of hydrogen-bond acceptors (Lipinski definition) is 6. The molecule has 2 heterocycles. The van der Waals surface area contributed by atoms with Gasteiger partial charge >= 0.3 is 0 Å². The number of amides is 1. The van der Waals surface area contributed by atoms with E-state index in [-0.39, 0.29) is 11.2 Å². The Morgan fingerprint density at radius 1 is 1.22 bits per heavy atom. The van der Waals surface area contributed by atoms with Crippen LogP contribution in [0.2, 0.25) is 0 Å². The first kappa shape index (κ1) is 20.6. The van der Waals surface area contributed by atoms with Gasteiger partial charge in [0.1, 0.15) is 10.6 Å². The second-order valence-electron chi connectivity index (χ2n) is 7.31. The van der Waals surface area contributed by atoms with Gasteiger partial charge in [-0.15, -0.1) is 11.3 Å². The van der Waals surface area contributed by atoms with E-state index in [1.165, 1.54) is 10.4 Å². The molecule has 0 spiro atoms. The van der Waals surface area contributed by atoms with Gasteiger partial charge in [0.05, 0.1) is 12.4 Å². The number of carbonyl (C=O) groups excluding carboxylic acids is 1. The van der Waals surface area contributed by atoms with Gasteiger partial charge in [-0.2, -0.15) is 4.31 Å². The highest BCUT2D eigenvalue weighted by Crippen LogP contribution is 2.40. The number of rotatable bonds is 7. The van der Waals surface area contributed by atoms with Crippen LogP contribution in [0.5, 0.6) is 5.75 Å². The first-order valence-electron chi connectivity index (χ1n) is 9.52. The summed E-state index contributed by atoms with van der Waals surface area (Å²) in [7, 11) is -1.55.